The third kappa shape index (κ3) is 13.5. The minimum Gasteiger partial charge on any atom is -0.466 e. The van der Waals surface area contributed by atoms with E-state index in [9.17, 15) is 19.2 Å². The molecule has 0 heterocycles. The lowest BCUT2D eigenvalue weighted by molar-refractivity contribution is -0.161. The smallest absolute Gasteiger partial charge is 0.420 e. The maximum Gasteiger partial charge on any atom is 0.420 e. The van der Waals surface area contributed by atoms with Crippen LogP contribution < -0.4 is 0 Å². The van der Waals surface area contributed by atoms with Gasteiger partial charge in [-0.05, 0) is 94.0 Å². The largest absolute Gasteiger partial charge is 0.466 e. The molecule has 0 aromatic heterocycles. The van der Waals surface area contributed by atoms with Gasteiger partial charge >= 0.3 is 24.1 Å². The van der Waals surface area contributed by atoms with Crippen LogP contribution in [0.3, 0.4) is 0 Å². The van der Waals surface area contributed by atoms with Crippen LogP contribution in [0.1, 0.15) is 88.5 Å². The zero-order valence-electron chi connectivity index (χ0n) is 22.5. The van der Waals surface area contributed by atoms with Crippen molar-refractivity contribution in [1.29, 1.82) is 0 Å². The van der Waals surface area contributed by atoms with Crippen molar-refractivity contribution in [1.82, 2.24) is 4.90 Å². The zero-order chi connectivity index (χ0) is 27.6. The summed E-state index contributed by atoms with van der Waals surface area (Å²) in [5.41, 5.74) is 5.93. The highest BCUT2D eigenvalue weighted by molar-refractivity contribution is 5.94. The number of hydrogen-bond donors (Lipinski definition) is 0. The Hall–Kier alpha value is -3.01. The highest BCUT2D eigenvalue weighted by Crippen LogP contribution is 2.23. The Morgan fingerprint density at radius 3 is 1.63 bits per heavy atom. The van der Waals surface area contributed by atoms with E-state index in [2.05, 4.69) is 10.0 Å². The number of rotatable bonds is 9. The Morgan fingerprint density at radius 2 is 1.26 bits per heavy atom. The molecule has 2 amide bonds. The van der Waals surface area contributed by atoms with Crippen LogP contribution in [0, 0.1) is 0 Å². The number of imide groups is 1. The normalized spacial score (nSPS) is 13.5. The number of ether oxygens (including phenoxy) is 4. The van der Waals surface area contributed by atoms with Gasteiger partial charge in [-0.25, -0.2) is 14.4 Å². The van der Waals surface area contributed by atoms with Crippen LogP contribution in [0.4, 0.5) is 9.59 Å². The molecule has 0 fully saturated rings. The average molecular weight is 501 g/mol. The molecule has 12 nitrogen and oxygen atoms in total. The summed E-state index contributed by atoms with van der Waals surface area (Å²) in [5, 5.41) is 3.45. The third-order valence-corrected chi connectivity index (χ3v) is 3.88. The van der Waals surface area contributed by atoms with Crippen molar-refractivity contribution in [3.05, 3.63) is 10.4 Å². The number of esters is 2. The topological polar surface area (TPSA) is 157 Å². The van der Waals surface area contributed by atoms with Crippen molar-refractivity contribution >= 4 is 24.1 Å². The molecule has 0 spiro atoms. The first kappa shape index (κ1) is 32.0. The molecule has 0 saturated carbocycles. The SMILES string of the molecule is CCOC(=O)[C@@H](CCC[C@@H](C(=O)OC(C)(C)C)N(C(=O)OC(C)(C)C)C(=O)OC(C)(C)C)N=[N+]=[N-]. The van der Waals surface area contributed by atoms with E-state index < -0.39 is 53.0 Å². The molecule has 0 aliphatic carbocycles. The molecule has 12 heteroatoms. The minimum atomic E-state index is -1.42. The lowest BCUT2D eigenvalue weighted by Gasteiger charge is -2.33. The number of carbonyl (C=O) groups is 4. The standard InChI is InChI=1S/C23H40N4O8/c1-11-32-17(28)15(25-26-24)13-12-14-16(18(29)33-21(2,3)4)27(19(30)34-22(5,6)7)20(31)35-23(8,9)10/h15-16H,11-14H2,1-10H3/t15-,16+/m1/s1. The summed E-state index contributed by atoms with van der Waals surface area (Å²) in [6.45, 7) is 16.3. The highest BCUT2D eigenvalue weighted by Gasteiger charge is 2.42. The summed E-state index contributed by atoms with van der Waals surface area (Å²) in [6.07, 6.45) is -2.16. The lowest BCUT2D eigenvalue weighted by atomic mass is 10.0. The predicted molar refractivity (Wildman–Crippen MR) is 127 cm³/mol. The number of carbonyl (C=O) groups excluding carboxylic acids is 4. The molecule has 35 heavy (non-hydrogen) atoms. The molecule has 0 aliphatic heterocycles. The number of nitrogens with zero attached hydrogens (tertiary/aromatic N) is 4. The molecular formula is C23H40N4O8. The van der Waals surface area contributed by atoms with Crippen LogP contribution in [-0.4, -0.2) is 64.5 Å². The maximum atomic E-state index is 13.1. The number of amides is 2. The van der Waals surface area contributed by atoms with Crippen LogP contribution in [-0.2, 0) is 28.5 Å². The van der Waals surface area contributed by atoms with Crippen molar-refractivity contribution in [3.63, 3.8) is 0 Å². The second kappa shape index (κ2) is 13.2. The van der Waals surface area contributed by atoms with Crippen molar-refractivity contribution in [3.8, 4) is 0 Å². The summed E-state index contributed by atoms with van der Waals surface area (Å²) in [6, 6.07) is -2.55. The van der Waals surface area contributed by atoms with Gasteiger partial charge in [0.25, 0.3) is 0 Å². The van der Waals surface area contributed by atoms with E-state index in [4.69, 9.17) is 24.5 Å². The van der Waals surface area contributed by atoms with Gasteiger partial charge < -0.3 is 18.9 Å². The van der Waals surface area contributed by atoms with E-state index in [0.717, 1.165) is 0 Å². The number of azide groups is 1. The van der Waals surface area contributed by atoms with Gasteiger partial charge in [0.05, 0.1) is 6.61 Å². The second-order valence-corrected chi connectivity index (χ2v) is 10.8. The molecule has 200 valence electrons. The van der Waals surface area contributed by atoms with E-state index in [1.54, 1.807) is 69.2 Å². The fourth-order valence-electron chi connectivity index (χ4n) is 2.70. The van der Waals surface area contributed by atoms with E-state index in [1.165, 1.54) is 0 Å². The quantitative estimate of drug-likeness (QED) is 0.136. The fraction of sp³-hybridized carbons (Fsp3) is 0.826. The fourth-order valence-corrected chi connectivity index (χ4v) is 2.70. The van der Waals surface area contributed by atoms with Gasteiger partial charge in [-0.15, -0.1) is 0 Å². The minimum absolute atomic E-state index is 0.0126. The van der Waals surface area contributed by atoms with Gasteiger partial charge in [0.15, 0.2) is 0 Å². The first-order chi connectivity index (χ1) is 15.8. The molecule has 0 saturated heterocycles. The van der Waals surface area contributed by atoms with Crippen molar-refractivity contribution < 1.29 is 38.1 Å². The molecule has 0 bridgehead atoms. The monoisotopic (exact) mass is 500 g/mol. The Morgan fingerprint density at radius 1 is 0.800 bits per heavy atom. The summed E-state index contributed by atoms with van der Waals surface area (Å²) in [7, 11) is 0. The van der Waals surface area contributed by atoms with Gasteiger partial charge in [-0.1, -0.05) is 5.11 Å². The average Bonchev–Trinajstić information content (AvgIpc) is 2.62. The predicted octanol–water partition coefficient (Wildman–Crippen LogP) is 5.28. The lowest BCUT2D eigenvalue weighted by Crippen LogP contribution is -2.53. The Kier molecular flexibility index (Phi) is 12.0. The van der Waals surface area contributed by atoms with E-state index >= 15 is 0 Å². The molecule has 0 aromatic carbocycles. The molecule has 2 atom stereocenters. The molecule has 0 aromatic rings. The Labute approximate surface area is 207 Å². The first-order valence-electron chi connectivity index (χ1n) is 11.5. The highest BCUT2D eigenvalue weighted by atomic mass is 16.6. The third-order valence-electron chi connectivity index (χ3n) is 3.88. The van der Waals surface area contributed by atoms with E-state index in [0.29, 0.717) is 4.90 Å². The van der Waals surface area contributed by atoms with Crippen LogP contribution in [0.2, 0.25) is 0 Å². The van der Waals surface area contributed by atoms with Crippen LogP contribution in [0.25, 0.3) is 10.4 Å². The molecule has 0 radical (unpaired) electrons. The molecular weight excluding hydrogens is 460 g/mol. The summed E-state index contributed by atoms with van der Waals surface area (Å²) in [4.78, 5) is 54.5. The van der Waals surface area contributed by atoms with Crippen molar-refractivity contribution in [2.75, 3.05) is 6.61 Å². The summed E-state index contributed by atoms with van der Waals surface area (Å²) >= 11 is 0. The van der Waals surface area contributed by atoms with Crippen LogP contribution >= 0.6 is 0 Å². The van der Waals surface area contributed by atoms with Gasteiger partial charge in [-0.3, -0.25) is 4.79 Å². The Bertz CT molecular complexity index is 774. The van der Waals surface area contributed by atoms with Crippen molar-refractivity contribution in [2.24, 2.45) is 5.11 Å². The summed E-state index contributed by atoms with van der Waals surface area (Å²) in [5.74, 6) is -1.57. The van der Waals surface area contributed by atoms with Gasteiger partial charge in [0, 0.05) is 4.91 Å². The zero-order valence-corrected chi connectivity index (χ0v) is 22.5. The molecule has 0 unspecified atom stereocenters. The van der Waals surface area contributed by atoms with Gasteiger partial charge in [-0.2, -0.15) is 4.90 Å². The van der Waals surface area contributed by atoms with Crippen LogP contribution in [0.5, 0.6) is 0 Å². The Balaban J connectivity index is 6.14. The van der Waals surface area contributed by atoms with Crippen LogP contribution in [0.15, 0.2) is 5.11 Å². The molecule has 0 aliphatic rings. The maximum absolute atomic E-state index is 13.1. The molecule has 0 rings (SSSR count). The number of hydrogen-bond acceptors (Lipinski definition) is 9. The van der Waals surface area contributed by atoms with Crippen molar-refractivity contribution in [2.45, 2.75) is 117 Å². The van der Waals surface area contributed by atoms with E-state index in [-0.39, 0.29) is 25.9 Å². The second-order valence-electron chi connectivity index (χ2n) is 10.8. The molecule has 0 N–H and O–H groups in total. The summed E-state index contributed by atoms with van der Waals surface area (Å²) < 4.78 is 21.1. The van der Waals surface area contributed by atoms with Gasteiger partial charge in [0.1, 0.15) is 28.9 Å². The van der Waals surface area contributed by atoms with Gasteiger partial charge in [0.2, 0.25) is 0 Å². The van der Waals surface area contributed by atoms with E-state index in [1.807, 2.05) is 0 Å². The first-order valence-corrected chi connectivity index (χ1v) is 11.5.